The van der Waals surface area contributed by atoms with Crippen molar-refractivity contribution in [3.63, 3.8) is 0 Å². The van der Waals surface area contributed by atoms with Crippen molar-refractivity contribution in [2.45, 2.75) is 71.0 Å². The number of hydrogen-bond donors (Lipinski definition) is 0. The van der Waals surface area contributed by atoms with Crippen molar-refractivity contribution in [2.75, 3.05) is 19.8 Å². The van der Waals surface area contributed by atoms with Crippen LogP contribution in [0.4, 0.5) is 8.78 Å². The van der Waals surface area contributed by atoms with Gasteiger partial charge in [0, 0.05) is 11.5 Å². The summed E-state index contributed by atoms with van der Waals surface area (Å²) in [6.07, 6.45) is 7.04. The normalized spacial score (nSPS) is 17.6. The Hall–Kier alpha value is -2.76. The predicted octanol–water partition coefficient (Wildman–Crippen LogP) is 8.90. The highest BCUT2D eigenvalue weighted by molar-refractivity contribution is 5.64. The summed E-state index contributed by atoms with van der Waals surface area (Å²) < 4.78 is 46.6. The first-order valence-corrected chi connectivity index (χ1v) is 13.6. The smallest absolute Gasteiger partial charge is 0.201 e. The number of unbranched alkanes of at least 4 members (excludes halogenated alkanes) is 6. The first-order chi connectivity index (χ1) is 18.1. The summed E-state index contributed by atoms with van der Waals surface area (Å²) in [6, 6.07) is 19.7. The Morgan fingerprint density at radius 3 is 1.97 bits per heavy atom. The van der Waals surface area contributed by atoms with E-state index in [0.29, 0.717) is 19.8 Å². The number of rotatable bonds is 12. The van der Waals surface area contributed by atoms with Crippen LogP contribution < -0.4 is 4.74 Å². The van der Waals surface area contributed by atoms with E-state index in [4.69, 9.17) is 14.2 Å². The Bertz CT molecular complexity index is 1100. The van der Waals surface area contributed by atoms with Gasteiger partial charge >= 0.3 is 0 Å². The zero-order chi connectivity index (χ0) is 26.0. The van der Waals surface area contributed by atoms with Gasteiger partial charge in [-0.2, -0.15) is 4.39 Å². The van der Waals surface area contributed by atoms with Crippen LogP contribution in [0.3, 0.4) is 0 Å². The number of halogens is 2. The van der Waals surface area contributed by atoms with Crippen molar-refractivity contribution >= 4 is 0 Å². The van der Waals surface area contributed by atoms with Gasteiger partial charge in [-0.15, -0.1) is 0 Å². The molecule has 1 aliphatic rings. The zero-order valence-corrected chi connectivity index (χ0v) is 22.0. The second-order valence-corrected chi connectivity index (χ2v) is 9.93. The van der Waals surface area contributed by atoms with E-state index >= 15 is 0 Å². The standard InChI is InChI=1S/C32H38F2O3/c1-3-4-5-6-7-8-9-20-35-29-19-18-28(30(33)31(29)34)32-36-21-27(22-37-32)26-16-14-25(15-17-26)24-12-10-23(2)11-13-24/h10-19,27,32H,3-9,20-22H2,1-2H3. The molecule has 0 N–H and O–H groups in total. The molecule has 0 amide bonds. The lowest BCUT2D eigenvalue weighted by molar-refractivity contribution is -0.193. The number of benzene rings is 3. The third kappa shape index (κ3) is 7.39. The van der Waals surface area contributed by atoms with Gasteiger partial charge in [0.25, 0.3) is 0 Å². The molecule has 0 atom stereocenters. The highest BCUT2D eigenvalue weighted by Gasteiger charge is 2.29. The van der Waals surface area contributed by atoms with Gasteiger partial charge in [0.1, 0.15) is 0 Å². The van der Waals surface area contributed by atoms with Crippen LogP contribution in [-0.4, -0.2) is 19.8 Å². The van der Waals surface area contributed by atoms with E-state index in [0.717, 1.165) is 30.4 Å². The van der Waals surface area contributed by atoms with Gasteiger partial charge in [-0.3, -0.25) is 0 Å². The number of ether oxygens (including phenoxy) is 3. The largest absolute Gasteiger partial charge is 0.490 e. The van der Waals surface area contributed by atoms with Crippen molar-refractivity contribution in [3.8, 4) is 16.9 Å². The maximum absolute atomic E-state index is 14.8. The van der Waals surface area contributed by atoms with Crippen molar-refractivity contribution in [3.05, 3.63) is 89.0 Å². The fraction of sp³-hybridized carbons (Fsp3) is 0.438. The molecule has 1 saturated heterocycles. The average Bonchev–Trinajstić information content (AvgIpc) is 2.93. The molecule has 0 bridgehead atoms. The Labute approximate surface area is 219 Å². The molecule has 0 radical (unpaired) electrons. The van der Waals surface area contributed by atoms with Crippen molar-refractivity contribution < 1.29 is 23.0 Å². The molecule has 1 aliphatic heterocycles. The van der Waals surface area contributed by atoms with E-state index in [2.05, 4.69) is 62.4 Å². The minimum absolute atomic E-state index is 0.0285. The molecule has 3 aromatic carbocycles. The van der Waals surface area contributed by atoms with Crippen LogP contribution in [0, 0.1) is 18.6 Å². The van der Waals surface area contributed by atoms with Crippen LogP contribution in [0.15, 0.2) is 60.7 Å². The summed E-state index contributed by atoms with van der Waals surface area (Å²) >= 11 is 0. The highest BCUT2D eigenvalue weighted by atomic mass is 19.2. The van der Waals surface area contributed by atoms with Crippen LogP contribution in [0.2, 0.25) is 0 Å². The van der Waals surface area contributed by atoms with Crippen LogP contribution in [0.5, 0.6) is 5.75 Å². The summed E-state index contributed by atoms with van der Waals surface area (Å²) in [6.45, 7) is 5.38. The monoisotopic (exact) mass is 508 g/mol. The lowest BCUT2D eigenvalue weighted by Gasteiger charge is -2.30. The minimum Gasteiger partial charge on any atom is -0.490 e. The van der Waals surface area contributed by atoms with Gasteiger partial charge in [0.2, 0.25) is 5.82 Å². The Kier molecular flexibility index (Phi) is 10.1. The Morgan fingerprint density at radius 2 is 1.32 bits per heavy atom. The van der Waals surface area contributed by atoms with Gasteiger partial charge in [-0.1, -0.05) is 99.5 Å². The molecule has 1 fully saturated rings. The molecule has 0 aliphatic carbocycles. The summed E-state index contributed by atoms with van der Waals surface area (Å²) in [5.41, 5.74) is 4.70. The van der Waals surface area contributed by atoms with E-state index in [9.17, 15) is 8.78 Å². The summed E-state index contributed by atoms with van der Waals surface area (Å²) in [5, 5.41) is 0. The van der Waals surface area contributed by atoms with Gasteiger partial charge in [0.15, 0.2) is 17.9 Å². The molecule has 0 saturated carbocycles. The first kappa shape index (κ1) is 27.3. The molecule has 3 aromatic rings. The SMILES string of the molecule is CCCCCCCCCOc1ccc(C2OCC(c3ccc(-c4ccc(C)cc4)cc3)CO2)c(F)c1F. The van der Waals surface area contributed by atoms with E-state index in [1.807, 2.05) is 0 Å². The first-order valence-electron chi connectivity index (χ1n) is 13.6. The van der Waals surface area contributed by atoms with Gasteiger partial charge in [-0.25, -0.2) is 4.39 Å². The summed E-state index contributed by atoms with van der Waals surface area (Å²) in [4.78, 5) is 0. The zero-order valence-electron chi connectivity index (χ0n) is 22.0. The summed E-state index contributed by atoms with van der Waals surface area (Å²) in [7, 11) is 0. The fourth-order valence-corrected chi connectivity index (χ4v) is 4.65. The van der Waals surface area contributed by atoms with E-state index < -0.39 is 17.9 Å². The fourth-order valence-electron chi connectivity index (χ4n) is 4.65. The van der Waals surface area contributed by atoms with E-state index in [-0.39, 0.29) is 17.2 Å². The third-order valence-electron chi connectivity index (χ3n) is 7.00. The lowest BCUT2D eigenvalue weighted by atomic mass is 9.96. The van der Waals surface area contributed by atoms with Crippen LogP contribution >= 0.6 is 0 Å². The number of aryl methyl sites for hydroxylation is 1. The molecule has 0 aromatic heterocycles. The Morgan fingerprint density at radius 1 is 0.730 bits per heavy atom. The van der Waals surface area contributed by atoms with Crippen LogP contribution in [0.1, 0.15) is 80.8 Å². The van der Waals surface area contributed by atoms with Crippen LogP contribution in [-0.2, 0) is 9.47 Å². The van der Waals surface area contributed by atoms with E-state index in [1.54, 1.807) is 0 Å². The quantitative estimate of drug-likeness (QED) is 0.229. The van der Waals surface area contributed by atoms with Crippen LogP contribution in [0.25, 0.3) is 11.1 Å². The van der Waals surface area contributed by atoms with E-state index in [1.165, 1.54) is 48.9 Å². The second-order valence-electron chi connectivity index (χ2n) is 9.93. The molecule has 0 spiro atoms. The topological polar surface area (TPSA) is 27.7 Å². The molecular weight excluding hydrogens is 470 g/mol. The second kappa shape index (κ2) is 13.7. The molecule has 198 valence electrons. The molecule has 0 unspecified atom stereocenters. The van der Waals surface area contributed by atoms with Crippen molar-refractivity contribution in [1.29, 1.82) is 0 Å². The van der Waals surface area contributed by atoms with Crippen molar-refractivity contribution in [1.82, 2.24) is 0 Å². The molecule has 1 heterocycles. The van der Waals surface area contributed by atoms with Gasteiger partial charge in [-0.05, 0) is 42.2 Å². The average molecular weight is 509 g/mol. The maximum atomic E-state index is 14.8. The summed E-state index contributed by atoms with van der Waals surface area (Å²) in [5.74, 6) is -1.99. The van der Waals surface area contributed by atoms with Crippen molar-refractivity contribution in [2.24, 2.45) is 0 Å². The maximum Gasteiger partial charge on any atom is 0.201 e. The molecular formula is C32H38F2O3. The third-order valence-corrected chi connectivity index (χ3v) is 7.00. The predicted molar refractivity (Wildman–Crippen MR) is 144 cm³/mol. The molecule has 4 rings (SSSR count). The van der Waals surface area contributed by atoms with Gasteiger partial charge < -0.3 is 14.2 Å². The molecule has 3 nitrogen and oxygen atoms in total. The number of hydrogen-bond acceptors (Lipinski definition) is 3. The molecule has 5 heteroatoms. The Balaban J connectivity index is 1.26. The highest BCUT2D eigenvalue weighted by Crippen LogP contribution is 2.34. The minimum atomic E-state index is -0.985. The lowest BCUT2D eigenvalue weighted by Crippen LogP contribution is -2.26. The molecule has 37 heavy (non-hydrogen) atoms. The van der Waals surface area contributed by atoms with Gasteiger partial charge in [0.05, 0.1) is 19.8 Å².